The second-order valence-electron chi connectivity index (χ2n) is 8.95. The Morgan fingerprint density at radius 1 is 0.944 bits per heavy atom. The number of imide groups is 1. The predicted octanol–water partition coefficient (Wildman–Crippen LogP) is 4.32. The monoisotopic (exact) mass is 498 g/mol. The Morgan fingerprint density at radius 2 is 1.69 bits per heavy atom. The first-order valence-corrected chi connectivity index (χ1v) is 12.7. The van der Waals surface area contributed by atoms with E-state index in [0.29, 0.717) is 16.1 Å². The summed E-state index contributed by atoms with van der Waals surface area (Å²) in [6.07, 6.45) is 3.78. The van der Waals surface area contributed by atoms with Crippen LogP contribution in [0.15, 0.2) is 72.2 Å². The number of hydrogen-bond donors (Lipinski definition) is 0. The zero-order chi connectivity index (χ0) is 25.0. The summed E-state index contributed by atoms with van der Waals surface area (Å²) in [6, 6.07) is 16.4. The van der Waals surface area contributed by atoms with Crippen molar-refractivity contribution in [2.24, 2.45) is 11.8 Å². The van der Waals surface area contributed by atoms with Crippen molar-refractivity contribution in [3.8, 4) is 0 Å². The Bertz CT molecular complexity index is 1410. The standard InChI is InChI=1S/C28H22N2O5S/c1-2-35-28(34)17-9-11-18(12-10-17)30-26(32)21-22(27(30)33)24(25(31)20-8-5-15-36-20)29-14-13-16-6-3-4-7-19(16)23(21)29/h3-15,21-24H,2H2,1H3/t21-,22+,23?,24-/m0/s1. The fourth-order valence-corrected chi connectivity index (χ4v) is 6.33. The number of anilines is 1. The average molecular weight is 499 g/mol. The zero-order valence-corrected chi connectivity index (χ0v) is 20.2. The molecular weight excluding hydrogens is 476 g/mol. The molecule has 2 aromatic carbocycles. The number of nitrogens with zero attached hydrogens (tertiary/aromatic N) is 2. The molecule has 2 saturated heterocycles. The van der Waals surface area contributed by atoms with Crippen LogP contribution in [0.3, 0.4) is 0 Å². The maximum Gasteiger partial charge on any atom is 0.338 e. The molecule has 1 unspecified atom stereocenters. The lowest BCUT2D eigenvalue weighted by molar-refractivity contribution is -0.123. The zero-order valence-electron chi connectivity index (χ0n) is 19.4. The molecule has 8 heteroatoms. The van der Waals surface area contributed by atoms with Gasteiger partial charge in [-0.05, 0) is 59.8 Å². The number of fused-ring (bicyclic) bond motifs is 5. The lowest BCUT2D eigenvalue weighted by Gasteiger charge is -2.35. The number of rotatable bonds is 5. The number of benzene rings is 2. The summed E-state index contributed by atoms with van der Waals surface area (Å²) in [5, 5.41) is 1.83. The molecule has 2 amide bonds. The predicted molar refractivity (Wildman–Crippen MR) is 134 cm³/mol. The lowest BCUT2D eigenvalue weighted by Crippen LogP contribution is -2.44. The summed E-state index contributed by atoms with van der Waals surface area (Å²) in [6.45, 7) is 1.98. The van der Waals surface area contributed by atoms with Gasteiger partial charge in [0.05, 0.1) is 40.6 Å². The van der Waals surface area contributed by atoms with Gasteiger partial charge in [-0.2, -0.15) is 0 Å². The van der Waals surface area contributed by atoms with Crippen LogP contribution >= 0.6 is 11.3 Å². The summed E-state index contributed by atoms with van der Waals surface area (Å²) in [5.41, 5.74) is 2.61. The van der Waals surface area contributed by atoms with Crippen LogP contribution < -0.4 is 4.90 Å². The van der Waals surface area contributed by atoms with Crippen LogP contribution in [0.25, 0.3) is 6.08 Å². The number of carbonyl (C=O) groups is 4. The van der Waals surface area contributed by atoms with Gasteiger partial charge in [0.1, 0.15) is 6.04 Å². The van der Waals surface area contributed by atoms with Crippen molar-refractivity contribution < 1.29 is 23.9 Å². The van der Waals surface area contributed by atoms with Crippen LogP contribution in [0.2, 0.25) is 0 Å². The fraction of sp³-hybridized carbons (Fsp3) is 0.214. The number of hydrogen-bond acceptors (Lipinski definition) is 7. The maximum absolute atomic E-state index is 13.9. The first kappa shape index (κ1) is 22.4. The summed E-state index contributed by atoms with van der Waals surface area (Å²) < 4.78 is 5.03. The Kier molecular flexibility index (Phi) is 5.34. The highest BCUT2D eigenvalue weighted by molar-refractivity contribution is 7.12. The normalized spacial score (nSPS) is 23.9. The molecule has 0 aliphatic carbocycles. The third kappa shape index (κ3) is 3.25. The molecule has 36 heavy (non-hydrogen) atoms. The van der Waals surface area contributed by atoms with Gasteiger partial charge in [0.2, 0.25) is 11.8 Å². The Balaban J connectivity index is 1.42. The molecule has 0 saturated carbocycles. The topological polar surface area (TPSA) is 84.0 Å². The molecule has 0 spiro atoms. The minimum atomic E-state index is -0.822. The van der Waals surface area contributed by atoms with Gasteiger partial charge in [0, 0.05) is 6.20 Å². The molecule has 1 aromatic heterocycles. The van der Waals surface area contributed by atoms with Crippen LogP contribution in [0, 0.1) is 11.8 Å². The smallest absolute Gasteiger partial charge is 0.338 e. The molecule has 3 aromatic rings. The van der Waals surface area contributed by atoms with Gasteiger partial charge < -0.3 is 9.64 Å². The average Bonchev–Trinajstić information content (AvgIpc) is 3.60. The van der Waals surface area contributed by atoms with Crippen molar-refractivity contribution in [1.82, 2.24) is 4.90 Å². The van der Waals surface area contributed by atoms with Gasteiger partial charge in [-0.15, -0.1) is 11.3 Å². The van der Waals surface area contributed by atoms with Crippen LogP contribution in [0.5, 0.6) is 0 Å². The Labute approximate surface area is 211 Å². The summed E-state index contributed by atoms with van der Waals surface area (Å²) in [4.78, 5) is 57.1. The highest BCUT2D eigenvalue weighted by Gasteiger charge is 2.64. The molecule has 2 fully saturated rings. The SMILES string of the molecule is CCOC(=O)c1ccc(N2C(=O)[C@@H]3[C@H](C2=O)C2c4ccccc4C=CN2[C@@H]3C(=O)c2cccs2)cc1. The van der Waals surface area contributed by atoms with E-state index in [1.165, 1.54) is 16.2 Å². The molecule has 4 heterocycles. The van der Waals surface area contributed by atoms with Crippen molar-refractivity contribution in [2.45, 2.75) is 19.0 Å². The second-order valence-corrected chi connectivity index (χ2v) is 9.90. The van der Waals surface area contributed by atoms with Crippen molar-refractivity contribution in [3.05, 3.63) is 93.8 Å². The van der Waals surface area contributed by atoms with Crippen molar-refractivity contribution >= 4 is 46.7 Å². The lowest BCUT2D eigenvalue weighted by atomic mass is 9.84. The largest absolute Gasteiger partial charge is 0.462 e. The number of ketones is 1. The van der Waals surface area contributed by atoms with E-state index in [-0.39, 0.29) is 18.3 Å². The van der Waals surface area contributed by atoms with E-state index < -0.39 is 35.8 Å². The van der Waals surface area contributed by atoms with E-state index in [9.17, 15) is 19.2 Å². The molecule has 3 aliphatic heterocycles. The van der Waals surface area contributed by atoms with Gasteiger partial charge in [0.25, 0.3) is 0 Å². The van der Waals surface area contributed by atoms with Gasteiger partial charge >= 0.3 is 5.97 Å². The van der Waals surface area contributed by atoms with Crippen LogP contribution in [0.1, 0.15) is 44.1 Å². The minimum absolute atomic E-state index is 0.160. The summed E-state index contributed by atoms with van der Waals surface area (Å²) in [5.74, 6) is -2.89. The summed E-state index contributed by atoms with van der Waals surface area (Å²) >= 11 is 1.33. The number of ether oxygens (including phenoxy) is 1. The first-order chi connectivity index (χ1) is 17.5. The van der Waals surface area contributed by atoms with Crippen LogP contribution in [-0.4, -0.2) is 41.1 Å². The molecule has 4 atom stereocenters. The first-order valence-electron chi connectivity index (χ1n) is 11.8. The second kappa shape index (κ2) is 8.57. The highest BCUT2D eigenvalue weighted by Crippen LogP contribution is 2.53. The molecular formula is C28H22N2O5S. The number of carbonyl (C=O) groups excluding carboxylic acids is 4. The number of Topliss-reactive ketones (excluding diaryl/α,β-unsaturated/α-hetero) is 1. The fourth-order valence-electron chi connectivity index (χ4n) is 5.64. The van der Waals surface area contributed by atoms with Crippen LogP contribution in [-0.2, 0) is 14.3 Å². The quantitative estimate of drug-likeness (QED) is 0.296. The third-order valence-electron chi connectivity index (χ3n) is 7.13. The Hall–Kier alpha value is -4.04. The highest BCUT2D eigenvalue weighted by atomic mass is 32.1. The maximum atomic E-state index is 13.9. The molecule has 6 rings (SSSR count). The minimum Gasteiger partial charge on any atom is -0.462 e. The van der Waals surface area contributed by atoms with E-state index in [1.807, 2.05) is 52.9 Å². The van der Waals surface area contributed by atoms with Crippen molar-refractivity contribution in [2.75, 3.05) is 11.5 Å². The van der Waals surface area contributed by atoms with E-state index in [4.69, 9.17) is 4.74 Å². The van der Waals surface area contributed by atoms with Crippen molar-refractivity contribution in [1.29, 1.82) is 0 Å². The van der Waals surface area contributed by atoms with E-state index in [0.717, 1.165) is 11.1 Å². The van der Waals surface area contributed by atoms with Gasteiger partial charge in [0.15, 0.2) is 5.78 Å². The molecule has 7 nitrogen and oxygen atoms in total. The molecule has 0 N–H and O–H groups in total. The van der Waals surface area contributed by atoms with E-state index in [2.05, 4.69) is 0 Å². The number of thiophene rings is 1. The number of amides is 2. The van der Waals surface area contributed by atoms with Gasteiger partial charge in [-0.25, -0.2) is 9.69 Å². The van der Waals surface area contributed by atoms with Gasteiger partial charge in [-0.1, -0.05) is 30.3 Å². The van der Waals surface area contributed by atoms with E-state index >= 15 is 0 Å². The molecule has 3 aliphatic rings. The van der Waals surface area contributed by atoms with Crippen molar-refractivity contribution in [3.63, 3.8) is 0 Å². The van der Waals surface area contributed by atoms with Crippen LogP contribution in [0.4, 0.5) is 5.69 Å². The van der Waals surface area contributed by atoms with E-state index in [1.54, 1.807) is 37.3 Å². The molecule has 0 radical (unpaired) electrons. The molecule has 180 valence electrons. The third-order valence-corrected chi connectivity index (χ3v) is 8.02. The number of esters is 1. The molecule has 0 bridgehead atoms. The summed E-state index contributed by atoms with van der Waals surface area (Å²) in [7, 11) is 0. The van der Waals surface area contributed by atoms with Gasteiger partial charge in [-0.3, -0.25) is 14.4 Å². The Morgan fingerprint density at radius 3 is 2.42 bits per heavy atom.